The zero-order valence-corrected chi connectivity index (χ0v) is 3.67. The van der Waals surface area contributed by atoms with Gasteiger partial charge in [-0.3, -0.25) is 0 Å². The highest BCUT2D eigenvalue weighted by Crippen LogP contribution is 2.14. The standard InChI is InChI=1S/C3H6FN2O/c4-3-2(5)1-6(3)7/h2-3H,1,5H2/q-1. The SMILES string of the molecule is NC1CN([O-])C1F. The van der Waals surface area contributed by atoms with Gasteiger partial charge in [0, 0.05) is 6.54 Å². The zero-order chi connectivity index (χ0) is 5.44. The first-order valence-corrected chi connectivity index (χ1v) is 2.05. The third-order valence-corrected chi connectivity index (χ3v) is 1.02. The summed E-state index contributed by atoms with van der Waals surface area (Å²) in [5, 5.41) is 10.2. The molecule has 1 aliphatic rings. The van der Waals surface area contributed by atoms with Gasteiger partial charge in [0.2, 0.25) is 0 Å². The first kappa shape index (κ1) is 4.96. The van der Waals surface area contributed by atoms with Crippen LogP contribution in [0.3, 0.4) is 0 Å². The van der Waals surface area contributed by atoms with Crippen molar-refractivity contribution in [2.24, 2.45) is 5.73 Å². The molecular formula is C3H6FN2O-. The minimum Gasteiger partial charge on any atom is -0.783 e. The van der Waals surface area contributed by atoms with Crippen molar-refractivity contribution < 1.29 is 4.39 Å². The van der Waals surface area contributed by atoms with Crippen molar-refractivity contribution in [1.29, 1.82) is 0 Å². The van der Waals surface area contributed by atoms with Crippen LogP contribution in [0.1, 0.15) is 0 Å². The van der Waals surface area contributed by atoms with Crippen molar-refractivity contribution in [3.05, 3.63) is 5.21 Å². The fraction of sp³-hybridized carbons (Fsp3) is 1.00. The molecule has 4 heteroatoms. The largest absolute Gasteiger partial charge is 0.783 e. The van der Waals surface area contributed by atoms with E-state index in [0.29, 0.717) is 5.06 Å². The molecule has 1 fully saturated rings. The summed E-state index contributed by atoms with van der Waals surface area (Å²) >= 11 is 0. The molecule has 2 unspecified atom stereocenters. The number of hydrogen-bond donors (Lipinski definition) is 1. The minimum atomic E-state index is -1.44. The summed E-state index contributed by atoms with van der Waals surface area (Å²) in [6, 6.07) is -0.544. The van der Waals surface area contributed by atoms with Gasteiger partial charge >= 0.3 is 0 Å². The lowest BCUT2D eigenvalue weighted by atomic mass is 10.2. The molecule has 1 heterocycles. The van der Waals surface area contributed by atoms with Crippen LogP contribution < -0.4 is 5.73 Å². The second-order valence-corrected chi connectivity index (χ2v) is 1.64. The van der Waals surface area contributed by atoms with Gasteiger partial charge in [-0.25, -0.2) is 4.39 Å². The third-order valence-electron chi connectivity index (χ3n) is 1.02. The Kier molecular flexibility index (Phi) is 0.989. The summed E-state index contributed by atoms with van der Waals surface area (Å²) in [7, 11) is 0. The molecule has 0 saturated carbocycles. The molecule has 0 bridgehead atoms. The number of rotatable bonds is 0. The Morgan fingerprint density at radius 2 is 2.43 bits per heavy atom. The molecule has 7 heavy (non-hydrogen) atoms. The van der Waals surface area contributed by atoms with Gasteiger partial charge in [-0.2, -0.15) is 0 Å². The summed E-state index contributed by atoms with van der Waals surface area (Å²) in [5.41, 5.74) is 5.00. The van der Waals surface area contributed by atoms with Crippen LogP contribution in [-0.2, 0) is 0 Å². The van der Waals surface area contributed by atoms with E-state index in [-0.39, 0.29) is 6.54 Å². The van der Waals surface area contributed by atoms with Gasteiger partial charge in [0.05, 0.1) is 6.04 Å². The highest BCUT2D eigenvalue weighted by molar-refractivity contribution is 4.87. The van der Waals surface area contributed by atoms with Gasteiger partial charge in [0.25, 0.3) is 0 Å². The molecule has 0 radical (unpaired) electrons. The van der Waals surface area contributed by atoms with Crippen LogP contribution in [0.2, 0.25) is 0 Å². The molecule has 0 spiro atoms. The van der Waals surface area contributed by atoms with E-state index in [9.17, 15) is 9.60 Å². The average Bonchev–Trinajstić information content (AvgIpc) is 1.68. The van der Waals surface area contributed by atoms with Crippen molar-refractivity contribution >= 4 is 0 Å². The van der Waals surface area contributed by atoms with Crippen molar-refractivity contribution in [1.82, 2.24) is 5.06 Å². The number of alkyl halides is 1. The Bertz CT molecular complexity index is 71.3. The molecule has 2 atom stereocenters. The molecule has 1 rings (SSSR count). The molecule has 0 aromatic carbocycles. The van der Waals surface area contributed by atoms with Gasteiger partial charge in [-0.1, -0.05) is 0 Å². The van der Waals surface area contributed by atoms with Crippen LogP contribution in [0.5, 0.6) is 0 Å². The van der Waals surface area contributed by atoms with E-state index < -0.39 is 12.3 Å². The number of hydroxylamine groups is 2. The van der Waals surface area contributed by atoms with Crippen LogP contribution in [0.15, 0.2) is 0 Å². The van der Waals surface area contributed by atoms with E-state index >= 15 is 0 Å². The molecule has 1 saturated heterocycles. The zero-order valence-electron chi connectivity index (χ0n) is 3.67. The molecule has 0 aromatic heterocycles. The summed E-state index contributed by atoms with van der Waals surface area (Å²) in [6.45, 7) is 0.140. The van der Waals surface area contributed by atoms with E-state index in [2.05, 4.69) is 0 Å². The van der Waals surface area contributed by atoms with Gasteiger partial charge in [0.15, 0.2) is 6.30 Å². The first-order valence-electron chi connectivity index (χ1n) is 2.05. The predicted molar refractivity (Wildman–Crippen MR) is 22.9 cm³/mol. The fourth-order valence-corrected chi connectivity index (χ4v) is 0.471. The average molecular weight is 105 g/mol. The highest BCUT2D eigenvalue weighted by atomic mass is 19.1. The number of nitrogens with zero attached hydrogens (tertiary/aromatic N) is 1. The monoisotopic (exact) mass is 105 g/mol. The van der Waals surface area contributed by atoms with Crippen molar-refractivity contribution in [3.63, 3.8) is 0 Å². The third kappa shape index (κ3) is 0.605. The fourth-order valence-electron chi connectivity index (χ4n) is 0.471. The number of hydrogen-bond acceptors (Lipinski definition) is 3. The Balaban J connectivity index is 2.29. The van der Waals surface area contributed by atoms with E-state index in [1.165, 1.54) is 0 Å². The van der Waals surface area contributed by atoms with Crippen LogP contribution >= 0.6 is 0 Å². The van der Waals surface area contributed by atoms with E-state index in [4.69, 9.17) is 5.73 Å². The van der Waals surface area contributed by atoms with E-state index in [0.717, 1.165) is 0 Å². The van der Waals surface area contributed by atoms with Crippen molar-refractivity contribution in [3.8, 4) is 0 Å². The smallest absolute Gasteiger partial charge is 0.158 e. The first-order chi connectivity index (χ1) is 3.22. The Hall–Kier alpha value is -0.190. The maximum atomic E-state index is 11.8. The maximum Gasteiger partial charge on any atom is 0.158 e. The Morgan fingerprint density at radius 1 is 1.86 bits per heavy atom. The summed E-state index contributed by atoms with van der Waals surface area (Å²) in [4.78, 5) is 0. The van der Waals surface area contributed by atoms with Gasteiger partial charge < -0.3 is 16.0 Å². The summed E-state index contributed by atoms with van der Waals surface area (Å²) < 4.78 is 11.8. The molecule has 2 N–H and O–H groups in total. The maximum absolute atomic E-state index is 11.8. The van der Waals surface area contributed by atoms with Crippen LogP contribution in [0, 0.1) is 5.21 Å². The quantitative estimate of drug-likeness (QED) is 0.419. The lowest BCUT2D eigenvalue weighted by Gasteiger charge is -2.45. The van der Waals surface area contributed by atoms with Crippen LogP contribution in [-0.4, -0.2) is 23.9 Å². The number of nitrogens with two attached hydrogens (primary N) is 1. The Morgan fingerprint density at radius 3 is 2.43 bits per heavy atom. The second kappa shape index (κ2) is 1.40. The molecule has 3 nitrogen and oxygen atoms in total. The van der Waals surface area contributed by atoms with Crippen molar-refractivity contribution in [2.45, 2.75) is 12.3 Å². The Labute approximate surface area is 40.5 Å². The second-order valence-electron chi connectivity index (χ2n) is 1.64. The normalized spacial score (nSPS) is 43.3. The van der Waals surface area contributed by atoms with E-state index in [1.54, 1.807) is 0 Å². The lowest BCUT2D eigenvalue weighted by Crippen LogP contribution is -2.59. The van der Waals surface area contributed by atoms with Crippen LogP contribution in [0.4, 0.5) is 4.39 Å². The topological polar surface area (TPSA) is 52.3 Å². The molecule has 0 aromatic rings. The molecule has 0 amide bonds. The van der Waals surface area contributed by atoms with Gasteiger partial charge in [0.1, 0.15) is 0 Å². The summed E-state index contributed by atoms with van der Waals surface area (Å²) in [5.74, 6) is 0. The van der Waals surface area contributed by atoms with Crippen LogP contribution in [0.25, 0.3) is 0 Å². The molecular weight excluding hydrogens is 99.0 g/mol. The minimum absolute atomic E-state index is 0.140. The predicted octanol–water partition coefficient (Wildman–Crippen LogP) is -0.577. The molecule has 0 aliphatic carbocycles. The number of halogens is 1. The van der Waals surface area contributed by atoms with Gasteiger partial charge in [-0.15, -0.1) is 0 Å². The van der Waals surface area contributed by atoms with Gasteiger partial charge in [-0.05, 0) is 0 Å². The highest BCUT2D eigenvalue weighted by Gasteiger charge is 2.28. The van der Waals surface area contributed by atoms with E-state index in [1.807, 2.05) is 0 Å². The van der Waals surface area contributed by atoms with Crippen molar-refractivity contribution in [2.75, 3.05) is 6.54 Å². The molecule has 42 valence electrons. The summed E-state index contributed by atoms with van der Waals surface area (Å²) in [6.07, 6.45) is -1.44. The lowest BCUT2D eigenvalue weighted by molar-refractivity contribution is 0.0100. The molecule has 1 aliphatic heterocycles.